The summed E-state index contributed by atoms with van der Waals surface area (Å²) < 4.78 is 6.64. The summed E-state index contributed by atoms with van der Waals surface area (Å²) in [5.41, 5.74) is 2.70. The predicted molar refractivity (Wildman–Crippen MR) is 111 cm³/mol. The molecule has 1 aromatic carbocycles. The third-order valence-corrected chi connectivity index (χ3v) is 5.14. The minimum atomic E-state index is -0.497. The average Bonchev–Trinajstić information content (AvgIpc) is 3.21. The van der Waals surface area contributed by atoms with Crippen LogP contribution in [0.25, 0.3) is 11.3 Å². The van der Waals surface area contributed by atoms with E-state index < -0.39 is 5.60 Å². The van der Waals surface area contributed by atoms with E-state index >= 15 is 0 Å². The Morgan fingerprint density at radius 2 is 2.04 bits per heavy atom. The highest BCUT2D eigenvalue weighted by Crippen LogP contribution is 2.34. The number of aryl methyl sites for hydroxylation is 1. The maximum absolute atomic E-state index is 12.6. The van der Waals surface area contributed by atoms with Gasteiger partial charge in [-0.3, -0.25) is 4.90 Å². The summed E-state index contributed by atoms with van der Waals surface area (Å²) in [6, 6.07) is 8.15. The van der Waals surface area contributed by atoms with Gasteiger partial charge in [0.25, 0.3) is 0 Å². The van der Waals surface area contributed by atoms with Crippen LogP contribution in [0.5, 0.6) is 0 Å². The van der Waals surface area contributed by atoms with Crippen molar-refractivity contribution in [2.24, 2.45) is 0 Å². The second-order valence-corrected chi connectivity index (χ2v) is 8.95. The van der Waals surface area contributed by atoms with Crippen molar-refractivity contribution in [2.45, 2.75) is 65.0 Å². The zero-order valence-corrected chi connectivity index (χ0v) is 18.1. The summed E-state index contributed by atoms with van der Waals surface area (Å²) in [5, 5.41) is 0. The number of H-pyrrole nitrogens is 1. The van der Waals surface area contributed by atoms with E-state index in [4.69, 9.17) is 9.72 Å². The molecule has 2 aromatic rings. The summed E-state index contributed by atoms with van der Waals surface area (Å²) in [5.74, 6) is 0.861. The lowest BCUT2D eigenvalue weighted by Gasteiger charge is -2.27. The molecule has 1 aliphatic rings. The number of nitrogens with one attached hydrogen (secondary N) is 1. The molecule has 27 heavy (non-hydrogen) atoms. The van der Waals surface area contributed by atoms with Gasteiger partial charge < -0.3 is 9.72 Å². The largest absolute Gasteiger partial charge is 0.444 e. The van der Waals surface area contributed by atoms with Gasteiger partial charge in [-0.2, -0.15) is 0 Å². The molecular weight excluding hydrogens is 406 g/mol. The van der Waals surface area contributed by atoms with Gasteiger partial charge in [-0.25, -0.2) is 9.78 Å². The monoisotopic (exact) mass is 433 g/mol. The Bertz CT molecular complexity index is 793. The van der Waals surface area contributed by atoms with Crippen LogP contribution in [0.1, 0.15) is 64.5 Å². The number of halogens is 1. The first kappa shape index (κ1) is 19.9. The number of benzene rings is 1. The highest BCUT2D eigenvalue weighted by atomic mass is 79.9. The van der Waals surface area contributed by atoms with E-state index in [1.165, 1.54) is 0 Å². The van der Waals surface area contributed by atoms with Crippen molar-refractivity contribution >= 4 is 22.0 Å². The predicted octanol–water partition coefficient (Wildman–Crippen LogP) is 5.86. The molecule has 3 rings (SSSR count). The minimum absolute atomic E-state index is 0.0559. The average molecular weight is 434 g/mol. The standard InChI is InChI=1S/C21H28BrN3O2/c1-5-7-16-18(14-9-11-15(22)12-10-14)24-19(23-16)17-8-6-13-25(17)20(26)27-21(2,3)4/h9-12,17H,5-8,13H2,1-4H3,(H,23,24)/t17-/m0/s1. The Hall–Kier alpha value is -1.82. The molecule has 6 heteroatoms. The van der Waals surface area contributed by atoms with E-state index in [0.29, 0.717) is 6.54 Å². The van der Waals surface area contributed by atoms with Crippen molar-refractivity contribution in [3.05, 3.63) is 40.3 Å². The van der Waals surface area contributed by atoms with Crippen LogP contribution in [0, 0.1) is 0 Å². The lowest BCUT2D eigenvalue weighted by atomic mass is 10.1. The maximum Gasteiger partial charge on any atom is 0.410 e. The highest BCUT2D eigenvalue weighted by molar-refractivity contribution is 9.10. The molecule has 1 aromatic heterocycles. The van der Waals surface area contributed by atoms with E-state index in [2.05, 4.69) is 40.0 Å². The van der Waals surface area contributed by atoms with Crippen molar-refractivity contribution in [2.75, 3.05) is 6.54 Å². The van der Waals surface area contributed by atoms with Crippen molar-refractivity contribution in [1.29, 1.82) is 0 Å². The molecule has 0 spiro atoms. The van der Waals surface area contributed by atoms with Crippen LogP contribution in [0.15, 0.2) is 28.7 Å². The van der Waals surface area contributed by atoms with Gasteiger partial charge in [0.2, 0.25) is 0 Å². The summed E-state index contributed by atoms with van der Waals surface area (Å²) in [7, 11) is 0. The Kier molecular flexibility index (Phi) is 5.94. The lowest BCUT2D eigenvalue weighted by molar-refractivity contribution is 0.0218. The van der Waals surface area contributed by atoms with Crippen molar-refractivity contribution in [3.63, 3.8) is 0 Å². The molecule has 0 saturated carbocycles. The molecule has 0 bridgehead atoms. The van der Waals surface area contributed by atoms with Gasteiger partial charge in [0.15, 0.2) is 0 Å². The van der Waals surface area contributed by atoms with E-state index in [9.17, 15) is 4.79 Å². The number of carbonyl (C=O) groups is 1. The van der Waals surface area contributed by atoms with Gasteiger partial charge in [0, 0.05) is 22.3 Å². The Labute approximate surface area is 169 Å². The number of carbonyl (C=O) groups excluding carboxylic acids is 1. The van der Waals surface area contributed by atoms with Gasteiger partial charge in [0.1, 0.15) is 11.4 Å². The van der Waals surface area contributed by atoms with E-state index in [0.717, 1.165) is 52.9 Å². The number of amides is 1. The van der Waals surface area contributed by atoms with Gasteiger partial charge in [-0.05, 0) is 52.2 Å². The summed E-state index contributed by atoms with van der Waals surface area (Å²) >= 11 is 3.49. The Morgan fingerprint density at radius 3 is 2.67 bits per heavy atom. The smallest absolute Gasteiger partial charge is 0.410 e. The SMILES string of the molecule is CCCc1[nH]c([C@@H]2CCCN2C(=O)OC(C)(C)C)nc1-c1ccc(Br)cc1. The van der Waals surface area contributed by atoms with Crippen LogP contribution in [0.4, 0.5) is 4.79 Å². The zero-order valence-electron chi connectivity index (χ0n) is 16.5. The molecular formula is C21H28BrN3O2. The van der Waals surface area contributed by atoms with Crippen LogP contribution < -0.4 is 0 Å². The molecule has 1 atom stereocenters. The number of nitrogens with zero attached hydrogens (tertiary/aromatic N) is 2. The molecule has 1 aliphatic heterocycles. The first-order valence-corrected chi connectivity index (χ1v) is 10.4. The number of hydrogen-bond acceptors (Lipinski definition) is 3. The molecule has 0 radical (unpaired) electrons. The first-order valence-electron chi connectivity index (χ1n) is 9.63. The molecule has 1 fully saturated rings. The lowest BCUT2D eigenvalue weighted by Crippen LogP contribution is -2.36. The Morgan fingerprint density at radius 1 is 1.33 bits per heavy atom. The molecule has 1 amide bonds. The van der Waals surface area contributed by atoms with Gasteiger partial charge in [-0.15, -0.1) is 0 Å². The first-order chi connectivity index (χ1) is 12.8. The van der Waals surface area contributed by atoms with Crippen molar-refractivity contribution in [3.8, 4) is 11.3 Å². The third kappa shape index (κ3) is 4.72. The van der Waals surface area contributed by atoms with Gasteiger partial charge in [-0.1, -0.05) is 41.4 Å². The van der Waals surface area contributed by atoms with Crippen LogP contribution in [0.2, 0.25) is 0 Å². The van der Waals surface area contributed by atoms with Crippen molar-refractivity contribution in [1.82, 2.24) is 14.9 Å². The topological polar surface area (TPSA) is 58.2 Å². The van der Waals surface area contributed by atoms with Crippen LogP contribution in [-0.4, -0.2) is 33.1 Å². The second kappa shape index (κ2) is 8.05. The highest BCUT2D eigenvalue weighted by Gasteiger charge is 2.35. The summed E-state index contributed by atoms with van der Waals surface area (Å²) in [4.78, 5) is 22.9. The number of rotatable bonds is 4. The number of aromatic nitrogens is 2. The number of ether oxygens (including phenoxy) is 1. The fourth-order valence-corrected chi connectivity index (χ4v) is 3.72. The van der Waals surface area contributed by atoms with Crippen molar-refractivity contribution < 1.29 is 9.53 Å². The molecule has 5 nitrogen and oxygen atoms in total. The number of hydrogen-bond donors (Lipinski definition) is 1. The van der Waals surface area contributed by atoms with Gasteiger partial charge >= 0.3 is 6.09 Å². The third-order valence-electron chi connectivity index (χ3n) is 4.61. The van der Waals surface area contributed by atoms with Gasteiger partial charge in [0.05, 0.1) is 11.7 Å². The fourth-order valence-electron chi connectivity index (χ4n) is 3.46. The number of imidazole rings is 1. The molecule has 0 unspecified atom stereocenters. The molecule has 1 saturated heterocycles. The van der Waals surface area contributed by atoms with Crippen LogP contribution in [-0.2, 0) is 11.2 Å². The quantitative estimate of drug-likeness (QED) is 0.656. The second-order valence-electron chi connectivity index (χ2n) is 8.04. The normalized spacial score (nSPS) is 17.4. The number of likely N-dealkylation sites (tertiary alicyclic amines) is 1. The minimum Gasteiger partial charge on any atom is -0.444 e. The maximum atomic E-state index is 12.6. The molecule has 0 aliphatic carbocycles. The fraction of sp³-hybridized carbons (Fsp3) is 0.524. The van der Waals surface area contributed by atoms with Crippen LogP contribution >= 0.6 is 15.9 Å². The number of aromatic amines is 1. The van der Waals surface area contributed by atoms with Crippen LogP contribution in [0.3, 0.4) is 0 Å². The molecule has 2 heterocycles. The zero-order chi connectivity index (χ0) is 19.6. The molecule has 146 valence electrons. The van der Waals surface area contributed by atoms with E-state index in [1.807, 2.05) is 37.8 Å². The molecule has 1 N–H and O–H groups in total. The van der Waals surface area contributed by atoms with E-state index in [-0.39, 0.29) is 12.1 Å². The van der Waals surface area contributed by atoms with E-state index in [1.54, 1.807) is 0 Å². The Balaban J connectivity index is 1.90. The summed E-state index contributed by atoms with van der Waals surface area (Å²) in [6.07, 6.45) is 3.56. The summed E-state index contributed by atoms with van der Waals surface area (Å²) in [6.45, 7) is 8.56.